The fraction of sp³-hybridized carbons (Fsp3) is 0.526. The lowest BCUT2D eigenvalue weighted by Gasteiger charge is -2.28. The van der Waals surface area contributed by atoms with E-state index < -0.39 is 0 Å². The number of aromatic amines is 1. The minimum atomic E-state index is 0.642. The minimum Gasteiger partial charge on any atom is -0.491 e. The van der Waals surface area contributed by atoms with Crippen LogP contribution in [0.2, 0.25) is 5.02 Å². The molecule has 0 atom stereocenters. The monoisotopic (exact) mass is 376 g/mol. The van der Waals surface area contributed by atoms with E-state index in [4.69, 9.17) is 21.1 Å². The van der Waals surface area contributed by atoms with Gasteiger partial charge in [-0.2, -0.15) is 5.10 Å². The van der Waals surface area contributed by atoms with Crippen LogP contribution >= 0.6 is 11.6 Å². The summed E-state index contributed by atoms with van der Waals surface area (Å²) in [6.45, 7) is 6.99. The number of hydrogen-bond donors (Lipinski definition) is 1. The van der Waals surface area contributed by atoms with Gasteiger partial charge >= 0.3 is 0 Å². The molecular weight excluding hydrogens is 352 g/mol. The van der Waals surface area contributed by atoms with E-state index in [0.29, 0.717) is 11.6 Å². The Hall–Kier alpha value is -1.76. The molecule has 2 aromatic rings. The van der Waals surface area contributed by atoms with Gasteiger partial charge in [0.15, 0.2) is 0 Å². The van der Waals surface area contributed by atoms with Crippen LogP contribution in [0.25, 0.3) is 0 Å². The Morgan fingerprint density at radius 3 is 2.96 bits per heavy atom. The molecule has 0 saturated carbocycles. The van der Waals surface area contributed by atoms with Crippen LogP contribution in [0, 0.1) is 0 Å². The zero-order valence-corrected chi connectivity index (χ0v) is 15.7. The number of ether oxygens (including phenoxy) is 2. The lowest BCUT2D eigenvalue weighted by Crippen LogP contribution is -2.38. The molecule has 0 amide bonds. The van der Waals surface area contributed by atoms with Crippen LogP contribution in [0.1, 0.15) is 17.7 Å². The third kappa shape index (κ3) is 4.14. The van der Waals surface area contributed by atoms with Crippen molar-refractivity contribution in [3.63, 3.8) is 0 Å². The molecule has 2 aliphatic heterocycles. The number of nitrogens with one attached hydrogen (secondary N) is 1. The molecule has 6 nitrogen and oxygen atoms in total. The van der Waals surface area contributed by atoms with Gasteiger partial charge in [-0.15, -0.1) is 0 Å². The number of fused-ring (bicyclic) bond motifs is 1. The van der Waals surface area contributed by atoms with Crippen LogP contribution in [0.15, 0.2) is 24.4 Å². The molecule has 0 radical (unpaired) electrons. The number of H-pyrrole nitrogens is 1. The van der Waals surface area contributed by atoms with Crippen molar-refractivity contribution < 1.29 is 9.47 Å². The summed E-state index contributed by atoms with van der Waals surface area (Å²) in [5, 5.41) is 7.94. The first-order chi connectivity index (χ1) is 12.8. The zero-order valence-electron chi connectivity index (χ0n) is 14.9. The van der Waals surface area contributed by atoms with Gasteiger partial charge in [0.25, 0.3) is 0 Å². The van der Waals surface area contributed by atoms with Gasteiger partial charge in [-0.1, -0.05) is 17.7 Å². The maximum Gasteiger partial charge on any atom is 0.137 e. The highest BCUT2D eigenvalue weighted by Gasteiger charge is 2.19. The van der Waals surface area contributed by atoms with Gasteiger partial charge in [-0.25, -0.2) is 0 Å². The van der Waals surface area contributed by atoms with Crippen molar-refractivity contribution in [2.45, 2.75) is 19.4 Å². The fourth-order valence-corrected chi connectivity index (χ4v) is 3.84. The van der Waals surface area contributed by atoms with Gasteiger partial charge in [0, 0.05) is 32.7 Å². The molecule has 1 aromatic carbocycles. The number of hydrogen-bond acceptors (Lipinski definition) is 5. The second kappa shape index (κ2) is 8.29. The summed E-state index contributed by atoms with van der Waals surface area (Å²) >= 11 is 6.45. The second-order valence-corrected chi connectivity index (χ2v) is 7.23. The van der Waals surface area contributed by atoms with Crippen molar-refractivity contribution in [2.24, 2.45) is 0 Å². The maximum atomic E-state index is 6.45. The predicted octanol–water partition coefficient (Wildman–Crippen LogP) is 2.73. The molecule has 2 aliphatic rings. The third-order valence-electron chi connectivity index (χ3n) is 5.03. The molecule has 3 heterocycles. The number of anilines is 1. The Bertz CT molecular complexity index is 730. The fourth-order valence-electron chi connectivity index (χ4n) is 3.58. The quantitative estimate of drug-likeness (QED) is 0.840. The lowest BCUT2D eigenvalue weighted by atomic mass is 10.1. The Morgan fingerprint density at radius 1 is 1.23 bits per heavy atom. The number of rotatable bonds is 6. The highest BCUT2D eigenvalue weighted by Crippen LogP contribution is 2.29. The van der Waals surface area contributed by atoms with E-state index in [2.05, 4.69) is 26.1 Å². The lowest BCUT2D eigenvalue weighted by molar-refractivity contribution is 0.0322. The van der Waals surface area contributed by atoms with Crippen molar-refractivity contribution in [3.8, 4) is 5.75 Å². The Balaban J connectivity index is 1.33. The summed E-state index contributed by atoms with van der Waals surface area (Å²) in [6.07, 6.45) is 4.13. The van der Waals surface area contributed by atoms with Crippen molar-refractivity contribution in [1.29, 1.82) is 0 Å². The normalized spacial score (nSPS) is 18.0. The molecule has 4 rings (SSSR count). The highest BCUT2D eigenvalue weighted by molar-refractivity contribution is 6.32. The largest absolute Gasteiger partial charge is 0.491 e. The van der Waals surface area contributed by atoms with E-state index in [9.17, 15) is 0 Å². The minimum absolute atomic E-state index is 0.642. The van der Waals surface area contributed by atoms with Crippen molar-refractivity contribution in [3.05, 3.63) is 40.7 Å². The first kappa shape index (κ1) is 17.6. The van der Waals surface area contributed by atoms with E-state index in [1.807, 2.05) is 18.3 Å². The van der Waals surface area contributed by atoms with E-state index in [0.717, 1.165) is 64.5 Å². The van der Waals surface area contributed by atoms with Crippen LogP contribution in [-0.2, 0) is 17.7 Å². The van der Waals surface area contributed by atoms with Crippen molar-refractivity contribution in [2.75, 3.05) is 50.9 Å². The second-order valence-electron chi connectivity index (χ2n) is 6.83. The van der Waals surface area contributed by atoms with Gasteiger partial charge in [-0.05, 0) is 30.5 Å². The topological polar surface area (TPSA) is 53.6 Å². The number of nitrogens with zero attached hydrogens (tertiary/aromatic N) is 3. The third-order valence-corrected chi connectivity index (χ3v) is 5.32. The standard InChI is InChI=1S/C19H25ClN4O2/c20-16-12-15(14-24-5-1-2-17-18(24)13-21-22-17)3-4-19(16)26-11-8-23-6-9-25-10-7-23/h3-4,12-13H,1-2,5-11,14H2,(H,21,22). The Morgan fingerprint density at radius 2 is 2.12 bits per heavy atom. The van der Waals surface area contributed by atoms with Gasteiger partial charge in [0.05, 0.1) is 35.8 Å². The van der Waals surface area contributed by atoms with E-state index >= 15 is 0 Å². The zero-order chi connectivity index (χ0) is 17.8. The summed E-state index contributed by atoms with van der Waals surface area (Å²) in [6, 6.07) is 6.10. The smallest absolute Gasteiger partial charge is 0.137 e. The molecule has 1 N–H and O–H groups in total. The Kier molecular flexibility index (Phi) is 5.62. The van der Waals surface area contributed by atoms with Gasteiger partial charge in [0.1, 0.15) is 12.4 Å². The summed E-state index contributed by atoms with van der Waals surface area (Å²) < 4.78 is 11.2. The molecule has 140 valence electrons. The first-order valence-electron chi connectivity index (χ1n) is 9.28. The van der Waals surface area contributed by atoms with E-state index in [1.54, 1.807) is 0 Å². The molecule has 0 bridgehead atoms. The summed E-state index contributed by atoms with van der Waals surface area (Å²) in [5.41, 5.74) is 3.62. The average Bonchev–Trinajstić information content (AvgIpc) is 3.14. The first-order valence-corrected chi connectivity index (χ1v) is 9.66. The molecule has 1 saturated heterocycles. The Labute approximate surface area is 159 Å². The molecule has 7 heteroatoms. The molecule has 26 heavy (non-hydrogen) atoms. The van der Waals surface area contributed by atoms with Crippen molar-refractivity contribution in [1.82, 2.24) is 15.1 Å². The molecule has 1 fully saturated rings. The van der Waals surface area contributed by atoms with Crippen LogP contribution in [0.5, 0.6) is 5.75 Å². The summed E-state index contributed by atoms with van der Waals surface area (Å²) in [4.78, 5) is 4.71. The van der Waals surface area contributed by atoms with E-state index in [-0.39, 0.29) is 0 Å². The molecular formula is C19H25ClN4O2. The van der Waals surface area contributed by atoms with Gasteiger partial charge in [-0.3, -0.25) is 10.00 Å². The SMILES string of the molecule is Clc1cc(CN2CCCc3[nH]ncc32)ccc1OCCN1CCOCC1. The number of aromatic nitrogens is 2. The van der Waals surface area contributed by atoms with Crippen LogP contribution in [0.4, 0.5) is 5.69 Å². The number of aryl methyl sites for hydroxylation is 1. The summed E-state index contributed by atoms with van der Waals surface area (Å²) in [5.74, 6) is 0.756. The van der Waals surface area contributed by atoms with Gasteiger partial charge < -0.3 is 14.4 Å². The molecule has 0 spiro atoms. The van der Waals surface area contributed by atoms with Gasteiger partial charge in [0.2, 0.25) is 0 Å². The predicted molar refractivity (Wildman–Crippen MR) is 102 cm³/mol. The van der Waals surface area contributed by atoms with Crippen LogP contribution < -0.4 is 9.64 Å². The number of halogens is 1. The van der Waals surface area contributed by atoms with Crippen molar-refractivity contribution >= 4 is 17.3 Å². The molecule has 0 unspecified atom stereocenters. The van der Waals surface area contributed by atoms with Crippen LogP contribution in [-0.4, -0.2) is 61.1 Å². The maximum absolute atomic E-state index is 6.45. The highest BCUT2D eigenvalue weighted by atomic mass is 35.5. The average molecular weight is 377 g/mol. The summed E-state index contributed by atoms with van der Waals surface area (Å²) in [7, 11) is 0. The van der Waals surface area contributed by atoms with E-state index in [1.165, 1.54) is 16.9 Å². The van der Waals surface area contributed by atoms with Crippen LogP contribution in [0.3, 0.4) is 0 Å². The molecule has 0 aliphatic carbocycles. The number of benzene rings is 1. The number of morpholine rings is 1. The molecule has 1 aromatic heterocycles.